The Labute approximate surface area is 98.0 Å². The first-order valence-corrected chi connectivity index (χ1v) is 5.43. The summed E-state index contributed by atoms with van der Waals surface area (Å²) in [4.78, 5) is 14.0. The van der Waals surface area contributed by atoms with Gasteiger partial charge in [-0.25, -0.2) is 4.39 Å². The highest BCUT2D eigenvalue weighted by molar-refractivity contribution is 5.83. The lowest BCUT2D eigenvalue weighted by Crippen LogP contribution is -2.31. The number of aromatic amines is 1. The fourth-order valence-corrected chi connectivity index (χ4v) is 1.77. The van der Waals surface area contributed by atoms with Gasteiger partial charge in [-0.3, -0.25) is 4.79 Å². The maximum absolute atomic E-state index is 13.1. The number of carbonyl (C=O) groups is 1. The van der Waals surface area contributed by atoms with E-state index in [1.165, 1.54) is 12.1 Å². The highest BCUT2D eigenvalue weighted by Gasteiger charge is 2.05. The lowest BCUT2D eigenvalue weighted by Gasteiger charge is -2.02. The van der Waals surface area contributed by atoms with Crippen LogP contribution in [-0.4, -0.2) is 24.0 Å². The van der Waals surface area contributed by atoms with E-state index in [4.69, 9.17) is 5.73 Å². The second-order valence-corrected chi connectivity index (χ2v) is 3.81. The van der Waals surface area contributed by atoms with Crippen molar-refractivity contribution in [3.05, 3.63) is 35.8 Å². The van der Waals surface area contributed by atoms with Crippen LogP contribution in [0.4, 0.5) is 4.39 Å². The number of hydrogen-bond donors (Lipinski definition) is 3. The Bertz CT molecular complexity index is 536. The quantitative estimate of drug-likeness (QED) is 0.737. The molecular weight excluding hydrogens is 221 g/mol. The molecule has 5 heteroatoms. The number of carbonyl (C=O) groups excluding carboxylic acids is 1. The number of H-pyrrole nitrogens is 1. The van der Waals surface area contributed by atoms with Crippen molar-refractivity contribution in [2.24, 2.45) is 5.73 Å². The molecule has 4 nitrogen and oxygen atoms in total. The van der Waals surface area contributed by atoms with E-state index in [-0.39, 0.29) is 18.3 Å². The molecule has 0 fully saturated rings. The molecule has 0 spiro atoms. The van der Waals surface area contributed by atoms with E-state index in [1.807, 2.05) is 6.20 Å². The molecule has 1 aromatic carbocycles. The molecule has 0 saturated heterocycles. The molecule has 90 valence electrons. The van der Waals surface area contributed by atoms with Gasteiger partial charge in [-0.1, -0.05) is 0 Å². The fraction of sp³-hybridized carbons (Fsp3) is 0.250. The topological polar surface area (TPSA) is 70.9 Å². The van der Waals surface area contributed by atoms with Gasteiger partial charge in [0.1, 0.15) is 5.82 Å². The number of amides is 1. The van der Waals surface area contributed by atoms with Gasteiger partial charge in [0.15, 0.2) is 0 Å². The van der Waals surface area contributed by atoms with E-state index >= 15 is 0 Å². The van der Waals surface area contributed by atoms with E-state index in [9.17, 15) is 9.18 Å². The van der Waals surface area contributed by atoms with Crippen LogP contribution in [0.2, 0.25) is 0 Å². The zero-order valence-corrected chi connectivity index (χ0v) is 9.29. The van der Waals surface area contributed by atoms with Crippen LogP contribution in [0.25, 0.3) is 10.9 Å². The summed E-state index contributed by atoms with van der Waals surface area (Å²) in [5.74, 6) is -0.444. The number of halogens is 1. The molecule has 1 amide bonds. The van der Waals surface area contributed by atoms with E-state index in [0.29, 0.717) is 13.0 Å². The van der Waals surface area contributed by atoms with Crippen LogP contribution in [-0.2, 0) is 11.2 Å². The van der Waals surface area contributed by atoms with Crippen LogP contribution in [0.3, 0.4) is 0 Å². The number of fused-ring (bicyclic) bond motifs is 1. The summed E-state index contributed by atoms with van der Waals surface area (Å²) in [7, 11) is 0. The van der Waals surface area contributed by atoms with E-state index in [0.717, 1.165) is 16.5 Å². The molecule has 0 saturated carbocycles. The average Bonchev–Trinajstić information content (AvgIpc) is 2.72. The van der Waals surface area contributed by atoms with Crippen molar-refractivity contribution in [3.63, 3.8) is 0 Å². The minimum atomic E-state index is -0.260. The van der Waals surface area contributed by atoms with Crippen LogP contribution in [0.5, 0.6) is 0 Å². The van der Waals surface area contributed by atoms with E-state index in [2.05, 4.69) is 10.3 Å². The van der Waals surface area contributed by atoms with Crippen LogP contribution in [0.1, 0.15) is 5.56 Å². The van der Waals surface area contributed by atoms with Crippen molar-refractivity contribution in [1.82, 2.24) is 10.3 Å². The molecule has 0 radical (unpaired) electrons. The predicted molar refractivity (Wildman–Crippen MR) is 64.0 cm³/mol. The molecule has 0 aliphatic carbocycles. The minimum absolute atomic E-state index is 0.0114. The number of hydrogen-bond acceptors (Lipinski definition) is 2. The molecule has 2 rings (SSSR count). The molecule has 0 atom stereocenters. The van der Waals surface area contributed by atoms with Gasteiger partial charge in [0.25, 0.3) is 0 Å². The van der Waals surface area contributed by atoms with Gasteiger partial charge in [0, 0.05) is 23.6 Å². The number of aromatic nitrogens is 1. The molecule has 1 heterocycles. The lowest BCUT2D eigenvalue weighted by atomic mass is 10.1. The summed E-state index contributed by atoms with van der Waals surface area (Å²) in [5, 5.41) is 3.53. The van der Waals surface area contributed by atoms with E-state index in [1.54, 1.807) is 6.07 Å². The Hall–Kier alpha value is -1.88. The molecule has 1 aromatic heterocycles. The highest BCUT2D eigenvalue weighted by atomic mass is 19.1. The summed E-state index contributed by atoms with van der Waals surface area (Å²) in [5.41, 5.74) is 7.05. The largest absolute Gasteiger partial charge is 0.361 e. The number of nitrogens with one attached hydrogen (secondary N) is 2. The van der Waals surface area contributed by atoms with Crippen molar-refractivity contribution in [2.75, 3.05) is 13.1 Å². The van der Waals surface area contributed by atoms with Crippen LogP contribution in [0, 0.1) is 5.82 Å². The zero-order chi connectivity index (χ0) is 12.3. The first kappa shape index (κ1) is 11.6. The predicted octanol–water partition coefficient (Wildman–Crippen LogP) is 0.924. The van der Waals surface area contributed by atoms with Crippen LogP contribution >= 0.6 is 0 Å². The monoisotopic (exact) mass is 235 g/mol. The van der Waals surface area contributed by atoms with Gasteiger partial charge in [-0.05, 0) is 30.2 Å². The van der Waals surface area contributed by atoms with Gasteiger partial charge >= 0.3 is 0 Å². The Morgan fingerprint density at radius 2 is 2.29 bits per heavy atom. The Kier molecular flexibility index (Phi) is 3.39. The third-order valence-corrected chi connectivity index (χ3v) is 2.63. The minimum Gasteiger partial charge on any atom is -0.361 e. The molecule has 17 heavy (non-hydrogen) atoms. The normalized spacial score (nSPS) is 10.7. The Morgan fingerprint density at radius 3 is 3.06 bits per heavy atom. The highest BCUT2D eigenvalue weighted by Crippen LogP contribution is 2.19. The molecule has 0 bridgehead atoms. The molecule has 0 aliphatic heterocycles. The molecule has 0 unspecified atom stereocenters. The number of nitrogens with two attached hydrogens (primary N) is 1. The van der Waals surface area contributed by atoms with Gasteiger partial charge in [0.05, 0.1) is 6.54 Å². The standard InChI is InChI=1S/C12H14FN3O/c13-9-1-2-11-10(5-9)8(7-16-11)3-4-15-12(17)6-14/h1-2,5,7,16H,3-4,6,14H2,(H,15,17). The maximum atomic E-state index is 13.1. The fourth-order valence-electron chi connectivity index (χ4n) is 1.77. The average molecular weight is 235 g/mol. The smallest absolute Gasteiger partial charge is 0.233 e. The second-order valence-electron chi connectivity index (χ2n) is 3.81. The SMILES string of the molecule is NCC(=O)NCCc1c[nH]c2ccc(F)cc12. The number of rotatable bonds is 4. The molecule has 2 aromatic rings. The van der Waals surface area contributed by atoms with Crippen molar-refractivity contribution in [2.45, 2.75) is 6.42 Å². The maximum Gasteiger partial charge on any atom is 0.233 e. The van der Waals surface area contributed by atoms with Gasteiger partial charge < -0.3 is 16.0 Å². The summed E-state index contributed by atoms with van der Waals surface area (Å²) in [6.45, 7) is 0.488. The second kappa shape index (κ2) is 4.97. The molecule has 0 aliphatic rings. The summed E-state index contributed by atoms with van der Waals surface area (Å²) in [6, 6.07) is 4.61. The molecule has 4 N–H and O–H groups in total. The summed E-state index contributed by atoms with van der Waals surface area (Å²) >= 11 is 0. The van der Waals surface area contributed by atoms with Crippen LogP contribution in [0.15, 0.2) is 24.4 Å². The van der Waals surface area contributed by atoms with Crippen molar-refractivity contribution < 1.29 is 9.18 Å². The van der Waals surface area contributed by atoms with Gasteiger partial charge in [-0.2, -0.15) is 0 Å². The van der Waals surface area contributed by atoms with Crippen molar-refractivity contribution >= 4 is 16.8 Å². The summed E-state index contributed by atoms with van der Waals surface area (Å²) in [6.07, 6.45) is 2.48. The summed E-state index contributed by atoms with van der Waals surface area (Å²) < 4.78 is 13.1. The van der Waals surface area contributed by atoms with E-state index < -0.39 is 0 Å². The lowest BCUT2D eigenvalue weighted by molar-refractivity contribution is -0.119. The zero-order valence-electron chi connectivity index (χ0n) is 9.29. The first-order valence-electron chi connectivity index (χ1n) is 5.43. The van der Waals surface area contributed by atoms with Gasteiger partial charge in [-0.15, -0.1) is 0 Å². The molecular formula is C12H14FN3O. The Balaban J connectivity index is 2.08. The van der Waals surface area contributed by atoms with Crippen LogP contribution < -0.4 is 11.1 Å². The van der Waals surface area contributed by atoms with Crippen molar-refractivity contribution in [1.29, 1.82) is 0 Å². The Morgan fingerprint density at radius 1 is 1.47 bits per heavy atom. The third kappa shape index (κ3) is 2.62. The van der Waals surface area contributed by atoms with Gasteiger partial charge in [0.2, 0.25) is 5.91 Å². The van der Waals surface area contributed by atoms with Crippen molar-refractivity contribution in [3.8, 4) is 0 Å². The third-order valence-electron chi connectivity index (χ3n) is 2.63. The number of benzene rings is 1. The first-order chi connectivity index (χ1) is 8.20.